The van der Waals surface area contributed by atoms with Crippen LogP contribution in [0.15, 0.2) is 12.7 Å². The van der Waals surface area contributed by atoms with E-state index in [0.717, 1.165) is 0 Å². The van der Waals surface area contributed by atoms with Crippen LogP contribution in [0.1, 0.15) is 20.8 Å². The molecule has 0 unspecified atom stereocenters. The smallest absolute Gasteiger partial charge is 0.220 e. The minimum atomic E-state index is -2.73. The summed E-state index contributed by atoms with van der Waals surface area (Å²) >= 11 is 0. The fourth-order valence-electron chi connectivity index (χ4n) is 1.23. The summed E-state index contributed by atoms with van der Waals surface area (Å²) in [6, 6.07) is 0. The fourth-order valence-corrected chi connectivity index (χ4v) is 3.12. The van der Waals surface area contributed by atoms with Crippen molar-refractivity contribution in [2.75, 3.05) is 19.5 Å². The number of nitrogens with zero attached hydrogens (tertiary/aromatic N) is 1. The van der Waals surface area contributed by atoms with Gasteiger partial charge in [-0.05, 0) is 13.8 Å². The molecule has 0 aliphatic heterocycles. The summed E-state index contributed by atoms with van der Waals surface area (Å²) in [4.78, 5) is 12.7. The van der Waals surface area contributed by atoms with Gasteiger partial charge in [-0.1, -0.05) is 6.08 Å². The van der Waals surface area contributed by atoms with E-state index in [1.165, 1.54) is 11.8 Å². The molecule has 0 saturated heterocycles. The molecule has 0 spiro atoms. The third-order valence-electron chi connectivity index (χ3n) is 1.66. The van der Waals surface area contributed by atoms with Crippen molar-refractivity contribution in [2.45, 2.75) is 26.9 Å². The molecule has 0 heterocycles. The fraction of sp³-hybridized carbons (Fsp3) is 0.700. The van der Waals surface area contributed by atoms with E-state index in [0.29, 0.717) is 6.54 Å². The highest BCUT2D eigenvalue weighted by atomic mass is 31.2. The average Bonchev–Trinajstić information content (AvgIpc) is 2.00. The second kappa shape index (κ2) is 6.09. The maximum Gasteiger partial charge on any atom is 0.220 e. The lowest BCUT2D eigenvalue weighted by atomic mass is 10.5. The molecule has 15 heavy (non-hydrogen) atoms. The largest absolute Gasteiger partial charge is 0.330 e. The number of rotatable bonds is 6. The summed E-state index contributed by atoms with van der Waals surface area (Å²) in [5.41, 5.74) is 0. The quantitative estimate of drug-likeness (QED) is 0.522. The van der Waals surface area contributed by atoms with Crippen molar-refractivity contribution in [3.8, 4) is 0 Å². The van der Waals surface area contributed by atoms with Crippen LogP contribution in [0.25, 0.3) is 0 Å². The van der Waals surface area contributed by atoms with Crippen LogP contribution in [0.5, 0.6) is 0 Å². The van der Waals surface area contributed by atoms with Crippen molar-refractivity contribution in [1.82, 2.24) is 4.90 Å². The first-order valence-electron chi connectivity index (χ1n) is 4.90. The Balaban J connectivity index is 4.44. The zero-order valence-corrected chi connectivity index (χ0v) is 10.8. The van der Waals surface area contributed by atoms with Crippen LogP contribution in [-0.2, 0) is 13.9 Å². The van der Waals surface area contributed by atoms with E-state index in [-0.39, 0.29) is 18.3 Å². The molecule has 88 valence electrons. The number of amides is 1. The Morgan fingerprint density at radius 1 is 1.60 bits per heavy atom. The molecular weight excluding hydrogens is 213 g/mol. The predicted molar refractivity (Wildman–Crippen MR) is 62.2 cm³/mol. The molecule has 0 aliphatic carbocycles. The van der Waals surface area contributed by atoms with E-state index in [9.17, 15) is 9.36 Å². The Bertz CT molecular complexity index is 276. The highest BCUT2D eigenvalue weighted by molar-refractivity contribution is 7.58. The van der Waals surface area contributed by atoms with Crippen LogP contribution in [0.4, 0.5) is 0 Å². The lowest BCUT2D eigenvalue weighted by Crippen LogP contribution is -2.30. The molecule has 0 fully saturated rings. The maximum absolute atomic E-state index is 12.0. The van der Waals surface area contributed by atoms with E-state index >= 15 is 0 Å². The van der Waals surface area contributed by atoms with Gasteiger partial charge >= 0.3 is 0 Å². The van der Waals surface area contributed by atoms with Crippen molar-refractivity contribution in [3.05, 3.63) is 12.7 Å². The van der Waals surface area contributed by atoms with Gasteiger partial charge in [0.1, 0.15) is 0 Å². The topological polar surface area (TPSA) is 46.6 Å². The first-order chi connectivity index (χ1) is 6.78. The molecule has 5 heteroatoms. The molecule has 4 nitrogen and oxygen atoms in total. The van der Waals surface area contributed by atoms with Gasteiger partial charge in [0.15, 0.2) is 0 Å². The first kappa shape index (κ1) is 14.4. The average molecular weight is 233 g/mol. The van der Waals surface area contributed by atoms with Crippen molar-refractivity contribution in [3.63, 3.8) is 0 Å². The van der Waals surface area contributed by atoms with Gasteiger partial charge < -0.3 is 9.42 Å². The molecule has 0 aromatic heterocycles. The summed E-state index contributed by atoms with van der Waals surface area (Å²) in [5, 5.41) is 0. The molecule has 1 atom stereocenters. The Hall–Kier alpha value is -0.600. The highest BCUT2D eigenvalue weighted by Gasteiger charge is 2.22. The first-order valence-corrected chi connectivity index (χ1v) is 7.15. The third-order valence-corrected chi connectivity index (χ3v) is 3.38. The molecule has 0 aromatic carbocycles. The zero-order chi connectivity index (χ0) is 12.1. The number of hydrogen-bond acceptors (Lipinski definition) is 3. The van der Waals surface area contributed by atoms with Gasteiger partial charge in [-0.15, -0.1) is 6.58 Å². The number of carbonyl (C=O) groups is 1. The molecule has 0 saturated carbocycles. The Kier molecular flexibility index (Phi) is 5.84. The molecule has 0 bridgehead atoms. The molecule has 0 radical (unpaired) electrons. The summed E-state index contributed by atoms with van der Waals surface area (Å²) in [5.74, 6) is -0.121. The lowest BCUT2D eigenvalue weighted by Gasteiger charge is -2.24. The van der Waals surface area contributed by atoms with E-state index in [4.69, 9.17) is 4.52 Å². The van der Waals surface area contributed by atoms with Crippen LogP contribution in [0, 0.1) is 0 Å². The highest BCUT2D eigenvalue weighted by Crippen LogP contribution is 2.44. The minimum Gasteiger partial charge on any atom is -0.330 e. The third kappa shape index (κ3) is 6.47. The molecule has 0 aromatic rings. The number of hydrogen-bond donors (Lipinski definition) is 0. The van der Waals surface area contributed by atoms with Gasteiger partial charge in [-0.2, -0.15) is 0 Å². The van der Waals surface area contributed by atoms with Crippen molar-refractivity contribution in [1.29, 1.82) is 0 Å². The van der Waals surface area contributed by atoms with Gasteiger partial charge in [0.05, 0.1) is 12.4 Å². The van der Waals surface area contributed by atoms with Gasteiger partial charge in [-0.25, -0.2) is 0 Å². The van der Waals surface area contributed by atoms with Crippen LogP contribution in [-0.4, -0.2) is 36.4 Å². The molecule has 0 N–H and O–H groups in total. The second-order valence-electron chi connectivity index (χ2n) is 3.84. The van der Waals surface area contributed by atoms with Crippen LogP contribution >= 0.6 is 7.37 Å². The summed E-state index contributed by atoms with van der Waals surface area (Å²) in [6.45, 7) is 10.6. The standard InChI is InChI=1S/C10H20NO3P/c1-6-7-11(10(4)12)8-15(5,13)14-9(2)3/h6,9H,1,7-8H2,2-5H3/t15-/m1/s1. The summed E-state index contributed by atoms with van der Waals surface area (Å²) in [7, 11) is -2.73. The van der Waals surface area contributed by atoms with Crippen molar-refractivity contribution >= 4 is 13.3 Å². The number of carbonyl (C=O) groups excluding carboxylic acids is 1. The summed E-state index contributed by atoms with van der Waals surface area (Å²) < 4.78 is 17.3. The minimum absolute atomic E-state index is 0.0987. The van der Waals surface area contributed by atoms with Gasteiger partial charge in [0, 0.05) is 20.1 Å². The van der Waals surface area contributed by atoms with Crippen LogP contribution in [0.3, 0.4) is 0 Å². The summed E-state index contributed by atoms with van der Waals surface area (Å²) in [6.07, 6.45) is 1.65. The monoisotopic (exact) mass is 233 g/mol. The molecule has 0 rings (SSSR count). The molecule has 0 aliphatic rings. The van der Waals surface area contributed by atoms with E-state index in [2.05, 4.69) is 6.58 Å². The SMILES string of the molecule is C=CCN(C[P@](C)(=O)OC(C)C)C(C)=O. The van der Waals surface area contributed by atoms with E-state index < -0.39 is 7.37 Å². The Labute approximate surface area is 91.7 Å². The van der Waals surface area contributed by atoms with Gasteiger partial charge in [-0.3, -0.25) is 9.36 Å². The van der Waals surface area contributed by atoms with E-state index in [1.54, 1.807) is 12.7 Å². The van der Waals surface area contributed by atoms with Crippen molar-refractivity contribution < 1.29 is 13.9 Å². The Morgan fingerprint density at radius 2 is 2.13 bits per heavy atom. The molecular formula is C10H20NO3P. The van der Waals surface area contributed by atoms with Crippen LogP contribution < -0.4 is 0 Å². The maximum atomic E-state index is 12.0. The molecule has 1 amide bonds. The lowest BCUT2D eigenvalue weighted by molar-refractivity contribution is -0.127. The predicted octanol–water partition coefficient (Wildman–Crippen LogP) is 2.31. The van der Waals surface area contributed by atoms with E-state index in [1.807, 2.05) is 13.8 Å². The zero-order valence-electron chi connectivity index (χ0n) is 9.90. The van der Waals surface area contributed by atoms with Gasteiger partial charge in [0.2, 0.25) is 13.3 Å². The van der Waals surface area contributed by atoms with Crippen molar-refractivity contribution in [2.24, 2.45) is 0 Å². The van der Waals surface area contributed by atoms with Crippen LogP contribution in [0.2, 0.25) is 0 Å². The second-order valence-corrected chi connectivity index (χ2v) is 6.36. The Morgan fingerprint density at radius 3 is 2.47 bits per heavy atom. The normalized spacial score (nSPS) is 14.7. The van der Waals surface area contributed by atoms with Gasteiger partial charge in [0.25, 0.3) is 0 Å².